The Morgan fingerprint density at radius 2 is 1.84 bits per heavy atom. The van der Waals surface area contributed by atoms with E-state index in [1.54, 1.807) is 0 Å². The van der Waals surface area contributed by atoms with Gasteiger partial charge in [0.05, 0.1) is 0 Å². The van der Waals surface area contributed by atoms with Crippen LogP contribution in [0.25, 0.3) is 0 Å². The second-order valence-electron chi connectivity index (χ2n) is 7.20. The van der Waals surface area contributed by atoms with Crippen molar-refractivity contribution in [3.05, 3.63) is 29.8 Å². The summed E-state index contributed by atoms with van der Waals surface area (Å²) in [4.78, 5) is 0. The summed E-state index contributed by atoms with van der Waals surface area (Å²) in [5.41, 5.74) is 3.22. The first-order chi connectivity index (χ1) is 8.98. The van der Waals surface area contributed by atoms with E-state index < -0.39 is 0 Å². The molecule has 2 unspecified atom stereocenters. The van der Waals surface area contributed by atoms with Crippen LogP contribution in [0.2, 0.25) is 0 Å². The Balaban J connectivity index is 1.96. The molecule has 2 rings (SSSR count). The zero-order valence-corrected chi connectivity index (χ0v) is 13.0. The molecule has 1 saturated carbocycles. The molecule has 1 fully saturated rings. The third-order valence-electron chi connectivity index (χ3n) is 4.25. The quantitative estimate of drug-likeness (QED) is 0.777. The van der Waals surface area contributed by atoms with Gasteiger partial charge in [-0.1, -0.05) is 46.2 Å². The average molecular weight is 259 g/mol. The summed E-state index contributed by atoms with van der Waals surface area (Å²) >= 11 is 0. The van der Waals surface area contributed by atoms with Crippen LogP contribution in [0.15, 0.2) is 24.3 Å². The average Bonchev–Trinajstić information content (AvgIpc) is 2.29. The fourth-order valence-corrected chi connectivity index (χ4v) is 3.75. The maximum atomic E-state index is 3.74. The van der Waals surface area contributed by atoms with Gasteiger partial charge in [-0.25, -0.2) is 0 Å². The molecule has 0 spiro atoms. The van der Waals surface area contributed by atoms with Gasteiger partial charge in [0, 0.05) is 11.7 Å². The van der Waals surface area contributed by atoms with Crippen molar-refractivity contribution in [2.24, 2.45) is 11.3 Å². The van der Waals surface area contributed by atoms with Crippen molar-refractivity contribution in [1.82, 2.24) is 0 Å². The summed E-state index contributed by atoms with van der Waals surface area (Å²) < 4.78 is 0. The van der Waals surface area contributed by atoms with Crippen LogP contribution in [0, 0.1) is 11.3 Å². The molecule has 1 aromatic carbocycles. The highest BCUT2D eigenvalue weighted by atomic mass is 14.9. The third kappa shape index (κ3) is 4.26. The molecule has 1 aliphatic rings. The van der Waals surface area contributed by atoms with Crippen molar-refractivity contribution in [3.63, 3.8) is 0 Å². The first kappa shape index (κ1) is 14.4. The number of nitrogens with one attached hydrogen (secondary N) is 1. The van der Waals surface area contributed by atoms with Crippen molar-refractivity contribution in [3.8, 4) is 0 Å². The lowest BCUT2D eigenvalue weighted by atomic mass is 9.70. The predicted molar refractivity (Wildman–Crippen MR) is 84.6 cm³/mol. The van der Waals surface area contributed by atoms with E-state index in [1.165, 1.54) is 43.4 Å². The van der Waals surface area contributed by atoms with Gasteiger partial charge in [-0.3, -0.25) is 0 Å². The van der Waals surface area contributed by atoms with Crippen molar-refractivity contribution in [2.45, 2.75) is 65.8 Å². The summed E-state index contributed by atoms with van der Waals surface area (Å²) in [5.74, 6) is 0.834. The van der Waals surface area contributed by atoms with Gasteiger partial charge in [0.1, 0.15) is 0 Å². The van der Waals surface area contributed by atoms with E-state index in [0.717, 1.165) is 5.92 Å². The van der Waals surface area contributed by atoms with E-state index in [4.69, 9.17) is 0 Å². The van der Waals surface area contributed by atoms with E-state index in [1.807, 2.05) is 0 Å². The van der Waals surface area contributed by atoms with Gasteiger partial charge in [-0.15, -0.1) is 0 Å². The molecule has 1 aromatic rings. The van der Waals surface area contributed by atoms with E-state index >= 15 is 0 Å². The molecule has 1 nitrogen and oxygen atoms in total. The highest BCUT2D eigenvalue weighted by molar-refractivity contribution is 5.45. The molecule has 1 N–H and O–H groups in total. The predicted octanol–water partition coefficient (Wildman–Crippen LogP) is 5.27. The number of hydrogen-bond donors (Lipinski definition) is 1. The summed E-state index contributed by atoms with van der Waals surface area (Å²) in [6.45, 7) is 9.43. The number of rotatable bonds is 4. The fraction of sp³-hybridized carbons (Fsp3) is 0.667. The first-order valence-corrected chi connectivity index (χ1v) is 7.84. The van der Waals surface area contributed by atoms with Gasteiger partial charge in [-0.05, 0) is 54.7 Å². The number of hydrogen-bond acceptors (Lipinski definition) is 1. The SMILES string of the molecule is CCCc1ccc(NC2CC(C)CC(C)(C)C2)cc1. The summed E-state index contributed by atoms with van der Waals surface area (Å²) in [7, 11) is 0. The Hall–Kier alpha value is -0.980. The van der Waals surface area contributed by atoms with E-state index in [-0.39, 0.29) is 0 Å². The second-order valence-corrected chi connectivity index (χ2v) is 7.20. The fourth-order valence-electron chi connectivity index (χ4n) is 3.75. The molecular formula is C18H29N. The molecule has 19 heavy (non-hydrogen) atoms. The number of aryl methyl sites for hydroxylation is 1. The Kier molecular flexibility index (Phi) is 4.54. The highest BCUT2D eigenvalue weighted by Crippen LogP contribution is 2.39. The summed E-state index contributed by atoms with van der Waals surface area (Å²) in [6, 6.07) is 9.66. The number of benzene rings is 1. The van der Waals surface area contributed by atoms with Crippen LogP contribution >= 0.6 is 0 Å². The van der Waals surface area contributed by atoms with Crippen LogP contribution in [0.1, 0.15) is 58.9 Å². The molecule has 0 saturated heterocycles. The van der Waals surface area contributed by atoms with Crippen LogP contribution in [-0.2, 0) is 6.42 Å². The Morgan fingerprint density at radius 1 is 1.16 bits per heavy atom. The minimum Gasteiger partial charge on any atom is -0.382 e. The van der Waals surface area contributed by atoms with Gasteiger partial charge in [-0.2, -0.15) is 0 Å². The van der Waals surface area contributed by atoms with E-state index in [0.29, 0.717) is 11.5 Å². The molecule has 0 aliphatic heterocycles. The minimum atomic E-state index is 0.484. The standard InChI is InChI=1S/C18H29N/c1-5-6-15-7-9-16(10-8-15)19-17-11-14(2)12-18(3,4)13-17/h7-10,14,17,19H,5-6,11-13H2,1-4H3. The molecule has 0 radical (unpaired) electrons. The van der Waals surface area contributed by atoms with Crippen LogP contribution in [-0.4, -0.2) is 6.04 Å². The smallest absolute Gasteiger partial charge is 0.0342 e. The van der Waals surface area contributed by atoms with Crippen molar-refractivity contribution >= 4 is 5.69 Å². The topological polar surface area (TPSA) is 12.0 Å². The van der Waals surface area contributed by atoms with Crippen LogP contribution < -0.4 is 5.32 Å². The number of anilines is 1. The minimum absolute atomic E-state index is 0.484. The molecule has 0 amide bonds. The van der Waals surface area contributed by atoms with Gasteiger partial charge < -0.3 is 5.32 Å². The summed E-state index contributed by atoms with van der Waals surface area (Å²) in [6.07, 6.45) is 6.36. The van der Waals surface area contributed by atoms with Gasteiger partial charge >= 0.3 is 0 Å². The van der Waals surface area contributed by atoms with Crippen molar-refractivity contribution in [1.29, 1.82) is 0 Å². The van der Waals surface area contributed by atoms with Gasteiger partial charge in [0.15, 0.2) is 0 Å². The zero-order valence-electron chi connectivity index (χ0n) is 13.0. The normalized spacial score (nSPS) is 26.1. The maximum absolute atomic E-state index is 3.74. The molecular weight excluding hydrogens is 230 g/mol. The summed E-state index contributed by atoms with van der Waals surface area (Å²) in [5, 5.41) is 3.74. The Bertz CT molecular complexity index is 391. The molecule has 106 valence electrons. The van der Waals surface area contributed by atoms with Crippen molar-refractivity contribution < 1.29 is 0 Å². The Morgan fingerprint density at radius 3 is 2.42 bits per heavy atom. The lowest BCUT2D eigenvalue weighted by molar-refractivity contribution is 0.178. The first-order valence-electron chi connectivity index (χ1n) is 7.84. The molecule has 1 heteroatoms. The Labute approximate surface area is 118 Å². The van der Waals surface area contributed by atoms with Gasteiger partial charge in [0.25, 0.3) is 0 Å². The van der Waals surface area contributed by atoms with E-state index in [9.17, 15) is 0 Å². The molecule has 0 heterocycles. The molecule has 1 aliphatic carbocycles. The van der Waals surface area contributed by atoms with Crippen LogP contribution in [0.3, 0.4) is 0 Å². The maximum Gasteiger partial charge on any atom is 0.0342 e. The molecule has 0 bridgehead atoms. The lowest BCUT2D eigenvalue weighted by Gasteiger charge is -2.39. The molecule has 0 aromatic heterocycles. The zero-order chi connectivity index (χ0) is 13.9. The largest absolute Gasteiger partial charge is 0.382 e. The third-order valence-corrected chi connectivity index (χ3v) is 4.25. The molecule has 2 atom stereocenters. The second kappa shape index (κ2) is 5.98. The van der Waals surface area contributed by atoms with Crippen LogP contribution in [0.4, 0.5) is 5.69 Å². The monoisotopic (exact) mass is 259 g/mol. The van der Waals surface area contributed by atoms with Crippen molar-refractivity contribution in [2.75, 3.05) is 5.32 Å². The van der Waals surface area contributed by atoms with E-state index in [2.05, 4.69) is 57.3 Å². The van der Waals surface area contributed by atoms with Gasteiger partial charge in [0.2, 0.25) is 0 Å². The van der Waals surface area contributed by atoms with Crippen LogP contribution in [0.5, 0.6) is 0 Å². The lowest BCUT2D eigenvalue weighted by Crippen LogP contribution is -2.35. The highest BCUT2D eigenvalue weighted by Gasteiger charge is 2.31.